The van der Waals surface area contributed by atoms with Crippen molar-refractivity contribution in [1.29, 1.82) is 0 Å². The van der Waals surface area contributed by atoms with E-state index in [1.165, 1.54) is 0 Å². The number of nitrogens with zero attached hydrogens (tertiary/aromatic N) is 2. The molecular weight excluding hydrogens is 709 g/mol. The molecule has 12 heteroatoms. The molecule has 2 heterocycles. The highest BCUT2D eigenvalue weighted by molar-refractivity contribution is 6.38. The van der Waals surface area contributed by atoms with Gasteiger partial charge >= 0.3 is 0 Å². The van der Waals surface area contributed by atoms with Gasteiger partial charge in [-0.05, 0) is 106 Å². The van der Waals surface area contributed by atoms with E-state index < -0.39 is 47.2 Å². The Morgan fingerprint density at radius 1 is 0.786 bits per heavy atom. The Kier molecular flexibility index (Phi) is 12.7. The summed E-state index contributed by atoms with van der Waals surface area (Å²) >= 11 is 0. The van der Waals surface area contributed by atoms with Crippen LogP contribution in [0.15, 0.2) is 0 Å². The third-order valence-electron chi connectivity index (χ3n) is 15.3. The first-order chi connectivity index (χ1) is 26.5. The average molecular weight is 781 g/mol. The molecule has 0 bridgehead atoms. The first kappa shape index (κ1) is 42.6. The second kappa shape index (κ2) is 16.7. The van der Waals surface area contributed by atoms with E-state index in [9.17, 15) is 24.0 Å². The highest BCUT2D eigenvalue weighted by Gasteiger charge is 2.85. The van der Waals surface area contributed by atoms with Crippen molar-refractivity contribution in [3.8, 4) is 0 Å². The van der Waals surface area contributed by atoms with Crippen LogP contribution in [0.2, 0.25) is 0 Å². The van der Waals surface area contributed by atoms with Gasteiger partial charge in [0.2, 0.25) is 29.4 Å². The minimum atomic E-state index is -0.985. The van der Waals surface area contributed by atoms with Crippen LogP contribution in [0, 0.1) is 33.5 Å². The van der Waals surface area contributed by atoms with E-state index in [1.54, 1.807) is 4.90 Å². The van der Waals surface area contributed by atoms with Gasteiger partial charge in [-0.25, -0.2) is 0 Å². The number of rotatable bonds is 15. The molecule has 0 aromatic rings. The van der Waals surface area contributed by atoms with E-state index in [-0.39, 0.29) is 51.8 Å². The quantitative estimate of drug-likeness (QED) is 0.177. The summed E-state index contributed by atoms with van der Waals surface area (Å²) in [4.78, 5) is 88.3. The van der Waals surface area contributed by atoms with Gasteiger partial charge in [-0.3, -0.25) is 28.8 Å². The number of Topliss-reactive ketones (excluding diaryl/α,β-unsaturated/α-hetero) is 1. The predicted molar refractivity (Wildman–Crippen MR) is 215 cm³/mol. The molecule has 12 nitrogen and oxygen atoms in total. The number of hydrogen-bond acceptors (Lipinski definition) is 7. The van der Waals surface area contributed by atoms with Crippen molar-refractivity contribution in [2.45, 2.75) is 181 Å². The maximum Gasteiger partial charge on any atom is 0.289 e. The number of likely N-dealkylation sites (tertiary alicyclic amines) is 2. The van der Waals surface area contributed by atoms with Gasteiger partial charge < -0.3 is 31.1 Å². The number of nitrogens with one attached hydrogen (secondary N) is 4. The van der Waals surface area contributed by atoms with Gasteiger partial charge in [0.15, 0.2) is 0 Å². The zero-order valence-electron chi connectivity index (χ0n) is 35.5. The zero-order chi connectivity index (χ0) is 40.6. The summed E-state index contributed by atoms with van der Waals surface area (Å²) in [6.07, 6.45) is 13.8. The third-order valence-corrected chi connectivity index (χ3v) is 15.3. The first-order valence-corrected chi connectivity index (χ1v) is 22.3. The van der Waals surface area contributed by atoms with Gasteiger partial charge in [0.05, 0.1) is 12.0 Å². The van der Waals surface area contributed by atoms with Gasteiger partial charge in [-0.15, -0.1) is 0 Å². The number of carbonyl (C=O) groups excluding carboxylic acids is 6. The number of piperidine rings is 1. The van der Waals surface area contributed by atoms with Gasteiger partial charge in [-0.2, -0.15) is 0 Å². The average Bonchev–Trinajstić information content (AvgIpc) is 3.97. The summed E-state index contributed by atoms with van der Waals surface area (Å²) in [5, 5.41) is 12.1. The predicted octanol–water partition coefficient (Wildman–Crippen LogP) is 4.63. The van der Waals surface area contributed by atoms with Crippen molar-refractivity contribution in [3.63, 3.8) is 0 Å². The fraction of sp³-hybridized carbons (Fsp3) is 0.864. The number of hydrogen-bond donors (Lipinski definition) is 4. The van der Waals surface area contributed by atoms with Gasteiger partial charge in [0.1, 0.15) is 18.1 Å². The number of ketones is 1. The van der Waals surface area contributed by atoms with E-state index >= 15 is 4.79 Å². The Hall–Kier alpha value is -3.02. The molecule has 0 aromatic carbocycles. The molecule has 6 atom stereocenters. The van der Waals surface area contributed by atoms with Gasteiger partial charge in [0, 0.05) is 24.5 Å². The molecule has 2 aliphatic heterocycles. The van der Waals surface area contributed by atoms with Crippen LogP contribution in [0.4, 0.5) is 0 Å². The molecule has 4 saturated carbocycles. The largest absolute Gasteiger partial charge is 0.347 e. The summed E-state index contributed by atoms with van der Waals surface area (Å²) in [5.41, 5.74) is -1.03. The maximum atomic E-state index is 15.1. The maximum absolute atomic E-state index is 15.1. The molecule has 0 unspecified atom stereocenters. The van der Waals surface area contributed by atoms with E-state index in [4.69, 9.17) is 0 Å². The Balaban J connectivity index is 1.24. The summed E-state index contributed by atoms with van der Waals surface area (Å²) in [7, 11) is 0. The monoisotopic (exact) mass is 781 g/mol. The van der Waals surface area contributed by atoms with Crippen LogP contribution in [-0.4, -0.2) is 102 Å². The van der Waals surface area contributed by atoms with Gasteiger partial charge in [0.25, 0.3) is 5.91 Å². The molecule has 314 valence electrons. The number of fused-ring (bicyclic) bond motifs is 1. The van der Waals surface area contributed by atoms with Crippen molar-refractivity contribution in [2.24, 2.45) is 33.5 Å². The minimum absolute atomic E-state index is 0.0157. The van der Waals surface area contributed by atoms with Crippen LogP contribution in [0.5, 0.6) is 0 Å². The van der Waals surface area contributed by atoms with Crippen LogP contribution >= 0.6 is 0 Å². The Morgan fingerprint density at radius 2 is 1.48 bits per heavy atom. The normalized spacial score (nSPS) is 28.8. The molecular formula is C44H72N6O6. The fourth-order valence-corrected chi connectivity index (χ4v) is 11.5. The lowest BCUT2D eigenvalue weighted by Crippen LogP contribution is -2.62. The van der Waals surface area contributed by atoms with Gasteiger partial charge in [-0.1, -0.05) is 80.6 Å². The minimum Gasteiger partial charge on any atom is -0.347 e. The molecule has 6 aliphatic rings. The first-order valence-electron chi connectivity index (χ1n) is 22.3. The fourth-order valence-electron chi connectivity index (χ4n) is 11.5. The molecule has 2 spiro atoms. The lowest BCUT2D eigenvalue weighted by molar-refractivity contribution is -0.145. The summed E-state index contributed by atoms with van der Waals surface area (Å²) < 4.78 is 0. The molecule has 0 radical (unpaired) electrons. The highest BCUT2D eigenvalue weighted by Crippen LogP contribution is 2.88. The van der Waals surface area contributed by atoms with E-state index in [1.807, 2.05) is 27.7 Å². The second-order valence-corrected chi connectivity index (χ2v) is 20.1. The van der Waals surface area contributed by atoms with Crippen LogP contribution in [0.25, 0.3) is 0 Å². The van der Waals surface area contributed by atoms with Crippen molar-refractivity contribution in [2.75, 3.05) is 26.2 Å². The molecule has 4 aliphatic carbocycles. The molecule has 6 fully saturated rings. The van der Waals surface area contributed by atoms with Crippen LogP contribution < -0.4 is 21.3 Å². The Labute approximate surface area is 335 Å². The molecule has 56 heavy (non-hydrogen) atoms. The van der Waals surface area contributed by atoms with E-state index in [0.29, 0.717) is 32.4 Å². The molecule has 6 rings (SSSR count). The van der Waals surface area contributed by atoms with Crippen LogP contribution in [0.3, 0.4) is 0 Å². The third kappa shape index (κ3) is 8.15. The van der Waals surface area contributed by atoms with Crippen molar-refractivity contribution >= 4 is 35.3 Å². The van der Waals surface area contributed by atoms with Crippen LogP contribution in [-0.2, 0) is 28.8 Å². The molecule has 5 amide bonds. The van der Waals surface area contributed by atoms with E-state index in [0.717, 1.165) is 96.6 Å². The summed E-state index contributed by atoms with van der Waals surface area (Å²) in [6.45, 7) is 17.4. The summed E-state index contributed by atoms with van der Waals surface area (Å²) in [6, 6.07) is -3.54. The lowest BCUT2D eigenvalue weighted by Gasteiger charge is -2.38. The smallest absolute Gasteiger partial charge is 0.289 e. The van der Waals surface area contributed by atoms with Crippen molar-refractivity contribution in [3.05, 3.63) is 0 Å². The summed E-state index contributed by atoms with van der Waals surface area (Å²) in [5.74, 6) is -2.70. The molecule has 2 saturated heterocycles. The Morgan fingerprint density at radius 3 is 2.05 bits per heavy atom. The van der Waals surface area contributed by atoms with Crippen molar-refractivity contribution in [1.82, 2.24) is 31.1 Å². The zero-order valence-corrected chi connectivity index (χ0v) is 35.5. The standard InChI is InChI=1S/C44H72N6O6/c1-8-15-31(34(51)39(55)45-30-19-20-30)46-37(53)32-25-44(42(6,7)43(44)21-14-22-43)27-50(32)40(56)35(41(3,4)5)48-38(54)33(28-16-11-10-12-17-28)47-36(52)29-18-13-24-49(26-29)23-9-2/h28-33,35H,8-27H2,1-7H3,(H,45,55)(H,46,53)(H,47,52)(H,48,54)/t29-,31-,32-,33-,35+,44+/m0/s1. The highest BCUT2D eigenvalue weighted by atomic mass is 16.2. The van der Waals surface area contributed by atoms with Crippen LogP contribution in [0.1, 0.15) is 151 Å². The van der Waals surface area contributed by atoms with Crippen molar-refractivity contribution < 1.29 is 28.8 Å². The molecule has 4 N–H and O–H groups in total. The lowest BCUT2D eigenvalue weighted by atomic mass is 9.73. The molecule has 0 aromatic heterocycles. The SMILES string of the molecule is CCC[C@H](NC(=O)[C@@H]1C[C@@]2(CN1C(=O)[C@@H](NC(=O)[C@@H](NC(=O)[C@H]1CCCN(CCC)C1)C1CCCCC1)C(C)(C)C)C(C)(C)C21CCC1)C(=O)C(=O)NC1CC1. The van der Waals surface area contributed by atoms with E-state index in [2.05, 4.69) is 46.9 Å². The number of carbonyl (C=O) groups is 6. The second-order valence-electron chi connectivity index (χ2n) is 20.1. The Bertz CT molecular complexity index is 1510. The number of amides is 5. The topological polar surface area (TPSA) is 157 Å².